The average Bonchev–Trinajstić information content (AvgIpc) is 2.72. The summed E-state index contributed by atoms with van der Waals surface area (Å²) in [4.78, 5) is 32.6. The van der Waals surface area contributed by atoms with Crippen LogP contribution in [-0.4, -0.2) is 21.7 Å². The van der Waals surface area contributed by atoms with E-state index in [9.17, 15) is 9.59 Å². The van der Waals surface area contributed by atoms with E-state index in [1.54, 1.807) is 31.2 Å². The number of nitrogens with one attached hydrogen (secondary N) is 1. The third kappa shape index (κ3) is 4.13. The topological polar surface area (TPSA) is 72.0 Å². The van der Waals surface area contributed by atoms with E-state index in [-0.39, 0.29) is 11.3 Å². The Hall–Kier alpha value is -2.83. The van der Waals surface area contributed by atoms with Crippen molar-refractivity contribution in [3.8, 4) is 0 Å². The zero-order chi connectivity index (χ0) is 20.4. The Morgan fingerprint density at radius 2 is 1.90 bits per heavy atom. The van der Waals surface area contributed by atoms with Gasteiger partial charge in [0.2, 0.25) is 0 Å². The van der Waals surface area contributed by atoms with Crippen molar-refractivity contribution in [2.45, 2.75) is 17.9 Å². The van der Waals surface area contributed by atoms with Crippen LogP contribution in [0.3, 0.4) is 0 Å². The summed E-state index contributed by atoms with van der Waals surface area (Å²) in [6, 6.07) is 18.6. The Bertz CT molecular complexity index is 1270. The lowest BCUT2D eigenvalue weighted by atomic mass is 10.1. The van der Waals surface area contributed by atoms with E-state index in [4.69, 9.17) is 16.3 Å². The molecule has 1 N–H and O–H groups in total. The van der Waals surface area contributed by atoms with Crippen molar-refractivity contribution in [2.75, 3.05) is 5.75 Å². The highest BCUT2D eigenvalue weighted by Crippen LogP contribution is 2.33. The number of carbonyl (C=O) groups excluding carboxylic acids is 1. The van der Waals surface area contributed by atoms with E-state index in [1.165, 1.54) is 11.8 Å². The summed E-state index contributed by atoms with van der Waals surface area (Å²) in [5.74, 6) is 0.0366. The number of aromatic amines is 1. The van der Waals surface area contributed by atoms with Crippen LogP contribution in [0.25, 0.3) is 21.7 Å². The minimum absolute atomic E-state index is 0.118. The summed E-state index contributed by atoms with van der Waals surface area (Å²) in [6.07, 6.45) is -0.670. The molecular formula is C22H17ClN2O3S. The summed E-state index contributed by atoms with van der Waals surface area (Å²) < 4.78 is 5.48. The second kappa shape index (κ2) is 8.27. The zero-order valence-electron chi connectivity index (χ0n) is 15.5. The molecule has 0 spiro atoms. The lowest BCUT2D eigenvalue weighted by Crippen LogP contribution is -2.18. The van der Waals surface area contributed by atoms with Gasteiger partial charge in [-0.05, 0) is 36.6 Å². The van der Waals surface area contributed by atoms with Gasteiger partial charge < -0.3 is 9.72 Å². The van der Waals surface area contributed by atoms with Gasteiger partial charge in [-0.15, -0.1) is 11.8 Å². The van der Waals surface area contributed by atoms with Crippen LogP contribution in [-0.2, 0) is 9.53 Å². The molecule has 1 atom stereocenters. The number of carbonyl (C=O) groups is 1. The molecule has 4 aromatic rings. The Morgan fingerprint density at radius 3 is 2.72 bits per heavy atom. The number of hydrogen-bond donors (Lipinski definition) is 1. The van der Waals surface area contributed by atoms with Crippen molar-refractivity contribution in [3.05, 3.63) is 81.9 Å². The van der Waals surface area contributed by atoms with E-state index in [0.717, 1.165) is 15.7 Å². The van der Waals surface area contributed by atoms with Gasteiger partial charge >= 0.3 is 5.97 Å². The Morgan fingerprint density at radius 1 is 1.14 bits per heavy atom. The van der Waals surface area contributed by atoms with Crippen LogP contribution in [0.2, 0.25) is 5.02 Å². The number of nitrogens with zero attached hydrogens (tertiary/aromatic N) is 1. The molecule has 0 aliphatic heterocycles. The summed E-state index contributed by atoms with van der Waals surface area (Å²) in [5.41, 5.74) is 0.308. The predicted octanol–water partition coefficient (Wildman–Crippen LogP) is 5.13. The first-order valence-corrected chi connectivity index (χ1v) is 10.4. The molecule has 146 valence electrons. The number of halogens is 1. The SMILES string of the molecule is CC(OC(=O)CSc1cccc2cccc(Cl)c12)c1nc2ccccc2c(=O)[nH]1. The Balaban J connectivity index is 1.47. The third-order valence-corrected chi connectivity index (χ3v) is 5.83. The first-order chi connectivity index (χ1) is 14.0. The van der Waals surface area contributed by atoms with Crippen molar-refractivity contribution >= 4 is 51.0 Å². The van der Waals surface area contributed by atoms with Gasteiger partial charge in [0, 0.05) is 15.3 Å². The van der Waals surface area contributed by atoms with Crippen LogP contribution < -0.4 is 5.56 Å². The molecule has 3 aromatic carbocycles. The van der Waals surface area contributed by atoms with E-state index < -0.39 is 12.1 Å². The maximum atomic E-state index is 12.4. The van der Waals surface area contributed by atoms with Crippen LogP contribution in [0, 0.1) is 0 Å². The van der Waals surface area contributed by atoms with Gasteiger partial charge in [0.15, 0.2) is 11.9 Å². The number of thioether (sulfide) groups is 1. The molecule has 0 fully saturated rings. The monoisotopic (exact) mass is 424 g/mol. The average molecular weight is 425 g/mol. The molecular weight excluding hydrogens is 408 g/mol. The van der Waals surface area contributed by atoms with E-state index in [2.05, 4.69) is 9.97 Å². The molecule has 0 radical (unpaired) electrons. The highest BCUT2D eigenvalue weighted by atomic mass is 35.5. The second-order valence-electron chi connectivity index (χ2n) is 6.48. The van der Waals surface area contributed by atoms with E-state index in [0.29, 0.717) is 21.7 Å². The molecule has 0 aliphatic carbocycles. The number of esters is 1. The fourth-order valence-corrected chi connectivity index (χ4v) is 4.33. The van der Waals surface area contributed by atoms with E-state index in [1.807, 2.05) is 36.4 Å². The fraction of sp³-hybridized carbons (Fsp3) is 0.136. The summed E-state index contributed by atoms with van der Waals surface area (Å²) in [5, 5.41) is 3.08. The quantitative estimate of drug-likeness (QED) is 0.355. The summed E-state index contributed by atoms with van der Waals surface area (Å²) in [6.45, 7) is 1.68. The number of benzene rings is 3. The van der Waals surface area contributed by atoms with Crippen molar-refractivity contribution in [1.29, 1.82) is 0 Å². The van der Waals surface area contributed by atoms with Gasteiger partial charge in [-0.2, -0.15) is 0 Å². The normalized spacial score (nSPS) is 12.2. The molecule has 5 nitrogen and oxygen atoms in total. The van der Waals surface area contributed by atoms with Crippen molar-refractivity contribution in [1.82, 2.24) is 9.97 Å². The molecule has 0 saturated carbocycles. The number of aromatic nitrogens is 2. The minimum Gasteiger partial charge on any atom is -0.454 e. The van der Waals surface area contributed by atoms with Gasteiger partial charge in [-0.3, -0.25) is 9.59 Å². The molecule has 1 aromatic heterocycles. The maximum Gasteiger partial charge on any atom is 0.316 e. The third-order valence-electron chi connectivity index (χ3n) is 4.49. The molecule has 1 heterocycles. The van der Waals surface area contributed by atoms with E-state index >= 15 is 0 Å². The molecule has 0 amide bonds. The van der Waals surface area contributed by atoms with Crippen LogP contribution in [0.5, 0.6) is 0 Å². The first-order valence-electron chi connectivity index (χ1n) is 9.01. The number of fused-ring (bicyclic) bond motifs is 2. The molecule has 0 saturated heterocycles. The number of para-hydroxylation sites is 1. The van der Waals surface area contributed by atoms with Crippen molar-refractivity contribution in [3.63, 3.8) is 0 Å². The zero-order valence-corrected chi connectivity index (χ0v) is 17.1. The Kier molecular flexibility index (Phi) is 5.56. The molecule has 4 rings (SSSR count). The number of H-pyrrole nitrogens is 1. The number of rotatable bonds is 5. The maximum absolute atomic E-state index is 12.4. The Labute approximate surface area is 176 Å². The van der Waals surface area contributed by atoms with Gasteiger partial charge in [-0.25, -0.2) is 4.98 Å². The molecule has 29 heavy (non-hydrogen) atoms. The number of hydrogen-bond acceptors (Lipinski definition) is 5. The predicted molar refractivity (Wildman–Crippen MR) is 117 cm³/mol. The van der Waals surface area contributed by atoms with Crippen molar-refractivity contribution < 1.29 is 9.53 Å². The van der Waals surface area contributed by atoms with Gasteiger partial charge in [0.25, 0.3) is 5.56 Å². The largest absolute Gasteiger partial charge is 0.454 e. The first kappa shape index (κ1) is 19.5. The minimum atomic E-state index is -0.670. The highest BCUT2D eigenvalue weighted by Gasteiger charge is 2.16. The van der Waals surface area contributed by atoms with Gasteiger partial charge in [0.1, 0.15) is 0 Å². The van der Waals surface area contributed by atoms with Crippen LogP contribution in [0.15, 0.2) is 70.4 Å². The van der Waals surface area contributed by atoms with Crippen LogP contribution >= 0.6 is 23.4 Å². The molecule has 0 bridgehead atoms. The van der Waals surface area contributed by atoms with Crippen LogP contribution in [0.1, 0.15) is 18.9 Å². The molecule has 1 unspecified atom stereocenters. The summed E-state index contributed by atoms with van der Waals surface area (Å²) in [7, 11) is 0. The molecule has 0 aliphatic rings. The van der Waals surface area contributed by atoms with Gasteiger partial charge in [-0.1, -0.05) is 48.0 Å². The fourth-order valence-electron chi connectivity index (χ4n) is 3.10. The lowest BCUT2D eigenvalue weighted by molar-refractivity contribution is -0.145. The number of ether oxygens (including phenoxy) is 1. The smallest absolute Gasteiger partial charge is 0.316 e. The summed E-state index contributed by atoms with van der Waals surface area (Å²) >= 11 is 7.70. The van der Waals surface area contributed by atoms with Gasteiger partial charge in [0.05, 0.1) is 16.7 Å². The highest BCUT2D eigenvalue weighted by molar-refractivity contribution is 8.00. The second-order valence-corrected chi connectivity index (χ2v) is 7.91. The molecule has 7 heteroatoms. The lowest BCUT2D eigenvalue weighted by Gasteiger charge is -2.13. The van der Waals surface area contributed by atoms with Crippen LogP contribution in [0.4, 0.5) is 0 Å². The standard InChI is InChI=1S/C22H17ClN2O3S/c1-13(21-24-17-10-3-2-8-15(17)22(27)25-21)28-19(26)12-29-18-11-5-7-14-6-4-9-16(23)20(14)18/h2-11,13H,12H2,1H3,(H,24,25,27). The van der Waals surface area contributed by atoms with Crippen molar-refractivity contribution in [2.24, 2.45) is 0 Å².